The van der Waals surface area contributed by atoms with E-state index in [1.165, 1.54) is 0 Å². The Morgan fingerprint density at radius 1 is 1.29 bits per heavy atom. The molecule has 2 rings (SSSR count). The highest BCUT2D eigenvalue weighted by Crippen LogP contribution is 2.32. The van der Waals surface area contributed by atoms with Crippen molar-refractivity contribution in [3.63, 3.8) is 0 Å². The van der Waals surface area contributed by atoms with Crippen LogP contribution in [0, 0.1) is 0 Å². The summed E-state index contributed by atoms with van der Waals surface area (Å²) >= 11 is 0. The van der Waals surface area contributed by atoms with Gasteiger partial charge in [0.05, 0.1) is 16.3 Å². The van der Waals surface area contributed by atoms with Gasteiger partial charge in [-0.25, -0.2) is 0 Å². The van der Waals surface area contributed by atoms with Gasteiger partial charge >= 0.3 is 10.2 Å². The molecular formula is C10H11FN2O6S2. The molecule has 0 radical (unpaired) electrons. The monoisotopic (exact) mass is 338 g/mol. The number of rotatable bonds is 3. The number of carbonyl (C=O) groups is 1. The highest BCUT2D eigenvalue weighted by molar-refractivity contribution is 7.87. The molecule has 21 heavy (non-hydrogen) atoms. The molecule has 0 aliphatic carbocycles. The molecular weight excluding hydrogens is 327 g/mol. The Morgan fingerprint density at radius 3 is 2.38 bits per heavy atom. The van der Waals surface area contributed by atoms with Crippen LogP contribution in [-0.2, 0) is 25.1 Å². The molecule has 11 heteroatoms. The fourth-order valence-electron chi connectivity index (χ4n) is 2.01. The van der Waals surface area contributed by atoms with Crippen molar-refractivity contribution in [3.05, 3.63) is 18.2 Å². The van der Waals surface area contributed by atoms with E-state index in [2.05, 4.69) is 0 Å². The first-order chi connectivity index (χ1) is 9.50. The minimum Gasteiger partial charge on any atom is -0.397 e. The summed E-state index contributed by atoms with van der Waals surface area (Å²) in [6, 6.07) is 3.09. The summed E-state index contributed by atoms with van der Waals surface area (Å²) in [4.78, 5) is 12.1. The first-order valence-electron chi connectivity index (χ1n) is 5.61. The zero-order valence-electron chi connectivity index (χ0n) is 10.4. The number of nitrogens with two attached hydrogens (primary N) is 1. The standard InChI is InChI=1S/C10H11FN2O6S2/c11-20(15,16)7-4-10(14)13(5-7)9-3-6(21(17,18)19)1-2-8(9)12/h1-3,7H,4-5,12H2,(H,17,18,19). The Kier molecular flexibility index (Phi) is 3.68. The lowest BCUT2D eigenvalue weighted by Crippen LogP contribution is -2.27. The molecule has 1 fully saturated rings. The summed E-state index contributed by atoms with van der Waals surface area (Å²) in [7, 11) is -9.42. The Hall–Kier alpha value is -1.72. The second kappa shape index (κ2) is 4.93. The van der Waals surface area contributed by atoms with Crippen LogP contribution in [0.2, 0.25) is 0 Å². The third-order valence-corrected chi connectivity index (χ3v) is 5.04. The second-order valence-corrected chi connectivity index (χ2v) is 7.54. The van der Waals surface area contributed by atoms with Crippen LogP contribution in [0.3, 0.4) is 0 Å². The van der Waals surface area contributed by atoms with E-state index in [0.717, 1.165) is 23.1 Å². The first-order valence-corrected chi connectivity index (χ1v) is 8.49. The molecule has 0 bridgehead atoms. The van der Waals surface area contributed by atoms with E-state index in [0.29, 0.717) is 0 Å². The van der Waals surface area contributed by atoms with Crippen molar-refractivity contribution in [2.24, 2.45) is 0 Å². The van der Waals surface area contributed by atoms with Crippen LogP contribution < -0.4 is 10.6 Å². The van der Waals surface area contributed by atoms with Crippen molar-refractivity contribution >= 4 is 37.6 Å². The molecule has 1 aliphatic heterocycles. The van der Waals surface area contributed by atoms with Gasteiger partial charge in [-0.15, -0.1) is 3.89 Å². The predicted molar refractivity (Wildman–Crippen MR) is 71.5 cm³/mol. The zero-order valence-corrected chi connectivity index (χ0v) is 12.1. The summed E-state index contributed by atoms with van der Waals surface area (Å²) in [5.41, 5.74) is 5.51. The molecule has 1 saturated heterocycles. The number of anilines is 2. The molecule has 8 nitrogen and oxygen atoms in total. The van der Waals surface area contributed by atoms with Crippen LogP contribution in [-0.4, -0.2) is 39.1 Å². The number of amides is 1. The van der Waals surface area contributed by atoms with Crippen molar-refractivity contribution < 1.29 is 30.1 Å². The molecule has 1 atom stereocenters. The summed E-state index contributed by atoms with van der Waals surface area (Å²) in [5, 5.41) is -1.53. The molecule has 116 valence electrons. The molecule has 1 heterocycles. The molecule has 0 saturated carbocycles. The van der Waals surface area contributed by atoms with Crippen LogP contribution in [0.15, 0.2) is 23.1 Å². The van der Waals surface area contributed by atoms with E-state index < -0.39 is 49.4 Å². The van der Waals surface area contributed by atoms with Gasteiger partial charge in [-0.3, -0.25) is 9.35 Å². The largest absolute Gasteiger partial charge is 0.397 e. The lowest BCUT2D eigenvalue weighted by molar-refractivity contribution is -0.117. The molecule has 1 unspecified atom stereocenters. The summed E-state index contributed by atoms with van der Waals surface area (Å²) < 4.78 is 65.8. The van der Waals surface area contributed by atoms with Gasteiger partial charge in [-0.1, -0.05) is 0 Å². The van der Waals surface area contributed by atoms with Crippen LogP contribution in [0.5, 0.6) is 0 Å². The minimum absolute atomic E-state index is 0.00680. The highest BCUT2D eigenvalue weighted by atomic mass is 32.3. The second-order valence-electron chi connectivity index (χ2n) is 4.50. The summed E-state index contributed by atoms with van der Waals surface area (Å²) in [5.74, 6) is -0.708. The number of nitrogen functional groups attached to an aromatic ring is 1. The van der Waals surface area contributed by atoms with Gasteiger partial charge in [0.15, 0.2) is 0 Å². The third-order valence-electron chi connectivity index (χ3n) is 3.08. The number of benzene rings is 1. The summed E-state index contributed by atoms with van der Waals surface area (Å²) in [6.07, 6.45) is -0.561. The van der Waals surface area contributed by atoms with Crippen molar-refractivity contribution in [1.82, 2.24) is 0 Å². The van der Waals surface area contributed by atoms with E-state index in [-0.39, 0.29) is 11.4 Å². The van der Waals surface area contributed by atoms with Crippen LogP contribution in [0.25, 0.3) is 0 Å². The Bertz CT molecular complexity index is 805. The van der Waals surface area contributed by atoms with E-state index >= 15 is 0 Å². The van der Waals surface area contributed by atoms with Gasteiger partial charge in [0, 0.05) is 13.0 Å². The average Bonchev–Trinajstić information content (AvgIpc) is 2.70. The lowest BCUT2D eigenvalue weighted by atomic mass is 10.2. The SMILES string of the molecule is Nc1ccc(S(=O)(=O)O)cc1N1CC(S(=O)(=O)F)CC1=O. The Morgan fingerprint density at radius 2 is 1.90 bits per heavy atom. The maximum atomic E-state index is 13.0. The number of halogens is 1. The normalized spacial score (nSPS) is 20.0. The van der Waals surface area contributed by atoms with Gasteiger partial charge < -0.3 is 10.6 Å². The van der Waals surface area contributed by atoms with Crippen LogP contribution >= 0.6 is 0 Å². The van der Waals surface area contributed by atoms with E-state index in [9.17, 15) is 25.5 Å². The molecule has 0 aromatic heterocycles. The molecule has 1 amide bonds. The Balaban J connectivity index is 2.46. The van der Waals surface area contributed by atoms with Gasteiger partial charge in [0.25, 0.3) is 10.1 Å². The smallest absolute Gasteiger partial charge is 0.307 e. The predicted octanol–water partition coefficient (Wildman–Crippen LogP) is -0.0799. The minimum atomic E-state index is -4.90. The van der Waals surface area contributed by atoms with E-state index in [1.54, 1.807) is 0 Å². The molecule has 1 aromatic rings. The zero-order chi connectivity index (χ0) is 16.0. The highest BCUT2D eigenvalue weighted by Gasteiger charge is 2.39. The fraction of sp³-hybridized carbons (Fsp3) is 0.300. The van der Waals surface area contributed by atoms with Gasteiger partial charge in [0.2, 0.25) is 5.91 Å². The quantitative estimate of drug-likeness (QED) is 0.447. The molecule has 1 aliphatic rings. The lowest BCUT2D eigenvalue weighted by Gasteiger charge is -2.18. The maximum absolute atomic E-state index is 13.0. The number of hydrogen-bond acceptors (Lipinski definition) is 6. The fourth-order valence-corrected chi connectivity index (χ4v) is 3.18. The third kappa shape index (κ3) is 3.14. The van der Waals surface area contributed by atoms with Crippen molar-refractivity contribution in [3.8, 4) is 0 Å². The van der Waals surface area contributed by atoms with Gasteiger partial charge in [-0.05, 0) is 18.2 Å². The maximum Gasteiger partial charge on any atom is 0.307 e. The summed E-state index contributed by atoms with van der Waals surface area (Å²) in [6.45, 7) is -0.475. The van der Waals surface area contributed by atoms with Crippen molar-refractivity contribution in [1.29, 1.82) is 0 Å². The molecule has 0 spiro atoms. The van der Waals surface area contributed by atoms with Crippen molar-refractivity contribution in [2.45, 2.75) is 16.6 Å². The Labute approximate surface area is 120 Å². The number of hydrogen-bond donors (Lipinski definition) is 2. The number of carbonyl (C=O) groups excluding carboxylic acids is 1. The van der Waals surface area contributed by atoms with E-state index in [1.807, 2.05) is 0 Å². The number of nitrogens with zero attached hydrogens (tertiary/aromatic N) is 1. The van der Waals surface area contributed by atoms with Gasteiger partial charge in [-0.2, -0.15) is 16.8 Å². The van der Waals surface area contributed by atoms with Crippen LogP contribution in [0.1, 0.15) is 6.42 Å². The van der Waals surface area contributed by atoms with E-state index in [4.69, 9.17) is 10.3 Å². The van der Waals surface area contributed by atoms with Gasteiger partial charge in [0.1, 0.15) is 5.25 Å². The topological polar surface area (TPSA) is 135 Å². The molecule has 1 aromatic carbocycles. The van der Waals surface area contributed by atoms with Crippen LogP contribution in [0.4, 0.5) is 15.3 Å². The average molecular weight is 338 g/mol. The molecule has 3 N–H and O–H groups in total. The van der Waals surface area contributed by atoms with Crippen molar-refractivity contribution in [2.75, 3.05) is 17.2 Å². The first kappa shape index (κ1) is 15.7.